The van der Waals surface area contributed by atoms with Gasteiger partial charge in [-0.25, -0.2) is 4.79 Å². The summed E-state index contributed by atoms with van der Waals surface area (Å²) in [5.41, 5.74) is 8.75. The summed E-state index contributed by atoms with van der Waals surface area (Å²) < 4.78 is 5.15. The number of fused-ring (bicyclic) bond motifs is 2. The van der Waals surface area contributed by atoms with Crippen LogP contribution in [0, 0.1) is 0 Å². The lowest BCUT2D eigenvalue weighted by atomic mass is 9.94. The lowest BCUT2D eigenvalue weighted by Crippen LogP contribution is -2.60. The molecule has 2 aliphatic rings. The van der Waals surface area contributed by atoms with Crippen molar-refractivity contribution in [3.8, 4) is 0 Å². The second kappa shape index (κ2) is 9.32. The highest BCUT2D eigenvalue weighted by atomic mass is 35.5. The van der Waals surface area contributed by atoms with Crippen LogP contribution in [-0.4, -0.2) is 65.0 Å². The van der Waals surface area contributed by atoms with E-state index in [1.807, 2.05) is 13.0 Å². The maximum absolute atomic E-state index is 13.3. The van der Waals surface area contributed by atoms with Crippen LogP contribution in [0.25, 0.3) is 10.9 Å². The Balaban J connectivity index is 1.59. The Morgan fingerprint density at radius 3 is 2.75 bits per heavy atom. The lowest BCUT2D eigenvalue weighted by Gasteiger charge is -2.39. The number of piperazine rings is 1. The predicted octanol–water partition coefficient (Wildman–Crippen LogP) is 2.93. The van der Waals surface area contributed by atoms with Crippen molar-refractivity contribution in [1.82, 2.24) is 14.8 Å². The zero-order valence-electron chi connectivity index (χ0n) is 18.1. The van der Waals surface area contributed by atoms with Gasteiger partial charge in [-0.1, -0.05) is 24.6 Å². The molecule has 2 heterocycles. The van der Waals surface area contributed by atoms with E-state index in [1.54, 1.807) is 12.1 Å². The molecule has 2 N–H and O–H groups in total. The molecule has 1 fully saturated rings. The highest BCUT2D eigenvalue weighted by Gasteiger charge is 2.37. The topological polar surface area (TPSA) is 106 Å². The molecule has 0 saturated carbocycles. The van der Waals surface area contributed by atoms with Crippen molar-refractivity contribution in [3.63, 3.8) is 0 Å². The Labute approximate surface area is 191 Å². The first kappa shape index (κ1) is 22.3. The van der Waals surface area contributed by atoms with E-state index >= 15 is 0 Å². The number of amides is 3. The number of primary amides is 1. The Hall–Kier alpha value is -2.87. The van der Waals surface area contributed by atoms with Gasteiger partial charge in [0.1, 0.15) is 6.04 Å². The molecular formula is C23H27ClN4O4. The maximum atomic E-state index is 13.3. The van der Waals surface area contributed by atoms with Gasteiger partial charge in [0.15, 0.2) is 0 Å². The number of ether oxygens (including phenoxy) is 1. The van der Waals surface area contributed by atoms with Crippen LogP contribution in [0.5, 0.6) is 0 Å². The normalized spacial score (nSPS) is 18.4. The summed E-state index contributed by atoms with van der Waals surface area (Å²) in [6.07, 6.45) is 4.17. The quantitative estimate of drug-likeness (QED) is 0.758. The minimum atomic E-state index is -0.929. The number of carbonyl (C=O) groups excluding carboxylic acids is 3. The van der Waals surface area contributed by atoms with Crippen molar-refractivity contribution in [2.45, 2.75) is 45.1 Å². The summed E-state index contributed by atoms with van der Waals surface area (Å²) in [5.74, 6) is -0.990. The average molecular weight is 459 g/mol. The monoisotopic (exact) mass is 458 g/mol. The zero-order valence-corrected chi connectivity index (χ0v) is 18.9. The highest BCUT2D eigenvalue weighted by molar-refractivity contribution is 6.36. The number of carbonyl (C=O) groups is 3. The van der Waals surface area contributed by atoms with Crippen LogP contribution in [0.15, 0.2) is 18.2 Å². The van der Waals surface area contributed by atoms with Gasteiger partial charge < -0.3 is 20.3 Å². The maximum Gasteiger partial charge on any atom is 0.409 e. The summed E-state index contributed by atoms with van der Waals surface area (Å²) >= 11 is 6.64. The first-order valence-electron chi connectivity index (χ1n) is 11.0. The third kappa shape index (κ3) is 4.24. The summed E-state index contributed by atoms with van der Waals surface area (Å²) in [5, 5.41) is 1.52. The molecule has 1 aliphatic heterocycles. The third-order valence-corrected chi connectivity index (χ3v) is 6.53. The van der Waals surface area contributed by atoms with Crippen LogP contribution in [0.3, 0.4) is 0 Å². The number of aromatic nitrogens is 1. The molecule has 1 aliphatic carbocycles. The van der Waals surface area contributed by atoms with E-state index in [0.717, 1.165) is 42.3 Å². The fourth-order valence-corrected chi connectivity index (χ4v) is 4.75. The average Bonchev–Trinajstić information content (AvgIpc) is 2.81. The van der Waals surface area contributed by atoms with Crippen LogP contribution >= 0.6 is 11.6 Å². The first-order chi connectivity index (χ1) is 15.4. The van der Waals surface area contributed by atoms with E-state index in [4.69, 9.17) is 27.1 Å². The van der Waals surface area contributed by atoms with Crippen molar-refractivity contribution in [1.29, 1.82) is 0 Å². The molecule has 1 aromatic carbocycles. The molecule has 1 atom stereocenters. The number of aryl methyl sites for hydroxylation is 1. The SMILES string of the molecule is CCCOC(=O)N1CCN(C(=O)c2ccc3c(Cl)c4c(nc3c2)CCCC4)C(C(N)=O)C1. The molecule has 1 aromatic heterocycles. The van der Waals surface area contributed by atoms with E-state index in [2.05, 4.69) is 0 Å². The fraction of sp³-hybridized carbons (Fsp3) is 0.478. The van der Waals surface area contributed by atoms with Crippen LogP contribution in [0.1, 0.15) is 47.8 Å². The molecule has 0 radical (unpaired) electrons. The Bertz CT molecular complexity index is 1070. The van der Waals surface area contributed by atoms with Gasteiger partial charge in [-0.15, -0.1) is 0 Å². The zero-order chi connectivity index (χ0) is 22.8. The predicted molar refractivity (Wildman–Crippen MR) is 121 cm³/mol. The number of benzene rings is 1. The number of nitrogens with zero attached hydrogens (tertiary/aromatic N) is 3. The molecule has 1 unspecified atom stereocenters. The van der Waals surface area contributed by atoms with E-state index in [9.17, 15) is 14.4 Å². The molecule has 170 valence electrons. The molecule has 8 nitrogen and oxygen atoms in total. The highest BCUT2D eigenvalue weighted by Crippen LogP contribution is 2.33. The van der Waals surface area contributed by atoms with E-state index in [0.29, 0.717) is 29.1 Å². The van der Waals surface area contributed by atoms with Crippen molar-refractivity contribution in [3.05, 3.63) is 40.0 Å². The first-order valence-corrected chi connectivity index (χ1v) is 11.4. The van der Waals surface area contributed by atoms with E-state index < -0.39 is 18.0 Å². The van der Waals surface area contributed by atoms with Crippen LogP contribution in [0.4, 0.5) is 4.79 Å². The Kier molecular flexibility index (Phi) is 6.50. The number of nitrogens with two attached hydrogens (primary N) is 1. The standard InChI is InChI=1S/C23H27ClN4O4/c1-2-11-32-23(31)27-9-10-28(19(13-27)21(25)29)22(30)14-7-8-16-18(12-14)26-17-6-4-3-5-15(17)20(16)24/h7-8,12,19H,2-6,9-11,13H2,1H3,(H2,25,29). The Morgan fingerprint density at radius 1 is 1.22 bits per heavy atom. The van der Waals surface area contributed by atoms with Gasteiger partial charge in [0, 0.05) is 29.7 Å². The summed E-state index contributed by atoms with van der Waals surface area (Å²) in [6.45, 7) is 2.66. The Morgan fingerprint density at radius 2 is 2.00 bits per heavy atom. The van der Waals surface area contributed by atoms with Crippen molar-refractivity contribution >= 4 is 40.4 Å². The second-order valence-electron chi connectivity index (χ2n) is 8.27. The van der Waals surface area contributed by atoms with Gasteiger partial charge in [0.05, 0.1) is 23.7 Å². The fourth-order valence-electron chi connectivity index (χ4n) is 4.38. The molecule has 0 spiro atoms. The summed E-state index contributed by atoms with van der Waals surface area (Å²) in [4.78, 5) is 45.2. The molecule has 4 rings (SSSR count). The summed E-state index contributed by atoms with van der Waals surface area (Å²) in [6, 6.07) is 4.30. The van der Waals surface area contributed by atoms with Gasteiger partial charge in [0.25, 0.3) is 5.91 Å². The molecule has 3 amide bonds. The van der Waals surface area contributed by atoms with Crippen molar-refractivity contribution < 1.29 is 19.1 Å². The van der Waals surface area contributed by atoms with Crippen LogP contribution in [0.2, 0.25) is 5.02 Å². The van der Waals surface area contributed by atoms with Crippen LogP contribution in [-0.2, 0) is 22.4 Å². The van der Waals surface area contributed by atoms with Crippen LogP contribution < -0.4 is 5.73 Å². The third-order valence-electron chi connectivity index (χ3n) is 6.10. The van der Waals surface area contributed by atoms with Crippen molar-refractivity contribution in [2.24, 2.45) is 5.73 Å². The molecule has 9 heteroatoms. The second-order valence-corrected chi connectivity index (χ2v) is 8.65. The van der Waals surface area contributed by atoms with Gasteiger partial charge in [-0.05, 0) is 49.8 Å². The molecule has 2 aromatic rings. The van der Waals surface area contributed by atoms with Gasteiger partial charge >= 0.3 is 6.09 Å². The molecule has 1 saturated heterocycles. The van der Waals surface area contributed by atoms with Gasteiger partial charge in [-0.3, -0.25) is 14.6 Å². The minimum absolute atomic E-state index is 0.00872. The molecular weight excluding hydrogens is 432 g/mol. The lowest BCUT2D eigenvalue weighted by molar-refractivity contribution is -0.124. The largest absolute Gasteiger partial charge is 0.449 e. The van der Waals surface area contributed by atoms with Gasteiger partial charge in [0.2, 0.25) is 5.91 Å². The minimum Gasteiger partial charge on any atom is -0.449 e. The van der Waals surface area contributed by atoms with Crippen molar-refractivity contribution in [2.75, 3.05) is 26.2 Å². The number of rotatable bonds is 4. The van der Waals surface area contributed by atoms with E-state index in [1.165, 1.54) is 9.80 Å². The van der Waals surface area contributed by atoms with Gasteiger partial charge in [-0.2, -0.15) is 0 Å². The number of hydrogen-bond donors (Lipinski definition) is 1. The smallest absolute Gasteiger partial charge is 0.409 e. The summed E-state index contributed by atoms with van der Waals surface area (Å²) in [7, 11) is 0. The molecule has 0 bridgehead atoms. The van der Waals surface area contributed by atoms with E-state index in [-0.39, 0.29) is 25.5 Å². The number of pyridine rings is 1. The number of halogens is 1. The molecule has 32 heavy (non-hydrogen) atoms. The number of hydrogen-bond acceptors (Lipinski definition) is 5.